The number of hydrogen-bond acceptors (Lipinski definition) is 15. The molecular formula is C26H23N7O11S. The number of carbonyl (C=O) groups is 3. The van der Waals surface area contributed by atoms with E-state index in [2.05, 4.69) is 35.8 Å². The fourth-order valence-corrected chi connectivity index (χ4v) is 4.55. The molecule has 0 saturated heterocycles. The first-order valence-electron chi connectivity index (χ1n) is 12.6. The van der Waals surface area contributed by atoms with Crippen LogP contribution in [-0.4, -0.2) is 74.3 Å². The molecule has 1 aromatic heterocycles. The molecule has 1 unspecified atom stereocenters. The Balaban J connectivity index is 1.87. The molecule has 45 heavy (non-hydrogen) atoms. The summed E-state index contributed by atoms with van der Waals surface area (Å²) >= 11 is 0. The molecule has 0 aliphatic carbocycles. The summed E-state index contributed by atoms with van der Waals surface area (Å²) < 4.78 is 44.2. The van der Waals surface area contributed by atoms with Crippen molar-refractivity contribution in [2.75, 3.05) is 17.2 Å². The van der Waals surface area contributed by atoms with Crippen LogP contribution >= 0.6 is 0 Å². The minimum atomic E-state index is -4.80. The zero-order valence-corrected chi connectivity index (χ0v) is 24.0. The highest BCUT2D eigenvalue weighted by molar-refractivity contribution is 7.86. The Bertz CT molecular complexity index is 1950. The van der Waals surface area contributed by atoms with E-state index in [0.717, 1.165) is 24.3 Å². The summed E-state index contributed by atoms with van der Waals surface area (Å²) in [6, 6.07) is 6.79. The zero-order valence-electron chi connectivity index (χ0n) is 23.2. The van der Waals surface area contributed by atoms with Crippen LogP contribution in [0.2, 0.25) is 0 Å². The summed E-state index contributed by atoms with van der Waals surface area (Å²) in [5.74, 6) is -3.65. The van der Waals surface area contributed by atoms with Gasteiger partial charge in [0.15, 0.2) is 5.75 Å². The van der Waals surface area contributed by atoms with Crippen LogP contribution in [0.3, 0.4) is 0 Å². The number of fused-ring (bicyclic) bond motifs is 1. The Hall–Kier alpha value is -5.95. The first-order chi connectivity index (χ1) is 21.3. The number of carbonyl (C=O) groups excluding carboxylic acids is 1. The summed E-state index contributed by atoms with van der Waals surface area (Å²) in [4.78, 5) is 45.3. The number of ether oxygens (including phenoxy) is 2. The smallest absolute Gasteiger partial charge is 0.337 e. The Morgan fingerprint density at radius 1 is 1.02 bits per heavy atom. The number of benzene rings is 3. The number of nitrogens with one attached hydrogen (secondary N) is 2. The van der Waals surface area contributed by atoms with Crippen LogP contribution in [0.25, 0.3) is 10.8 Å². The van der Waals surface area contributed by atoms with Crippen molar-refractivity contribution in [3.63, 3.8) is 0 Å². The molecular weight excluding hydrogens is 618 g/mol. The number of phenolic OH excluding ortho intramolecular Hbond substituents is 1. The average molecular weight is 642 g/mol. The van der Waals surface area contributed by atoms with E-state index in [9.17, 15) is 42.7 Å². The zero-order chi connectivity index (χ0) is 32.9. The van der Waals surface area contributed by atoms with E-state index >= 15 is 0 Å². The van der Waals surface area contributed by atoms with Gasteiger partial charge < -0.3 is 35.4 Å². The van der Waals surface area contributed by atoms with E-state index in [0.29, 0.717) is 0 Å². The van der Waals surface area contributed by atoms with Gasteiger partial charge in [-0.1, -0.05) is 6.07 Å². The van der Waals surface area contributed by atoms with Gasteiger partial charge in [-0.2, -0.15) is 23.4 Å². The Kier molecular flexibility index (Phi) is 9.34. The van der Waals surface area contributed by atoms with Crippen molar-refractivity contribution in [2.24, 2.45) is 10.2 Å². The SMILES string of the molecule is CCOc1nc(Nc2ccc(S(=O)(=O)O)c3ccc(N=Nc4cc(OC=O)ccc4C(=O)O)c(O)c23)nc(NC(C)C(=O)O)n1. The van der Waals surface area contributed by atoms with E-state index < -0.39 is 38.7 Å². The fourth-order valence-electron chi connectivity index (χ4n) is 3.86. The van der Waals surface area contributed by atoms with Gasteiger partial charge in [-0.25, -0.2) is 4.79 Å². The third kappa shape index (κ3) is 7.35. The van der Waals surface area contributed by atoms with Crippen molar-refractivity contribution in [1.82, 2.24) is 15.0 Å². The Morgan fingerprint density at radius 3 is 2.38 bits per heavy atom. The molecule has 1 heterocycles. The molecule has 0 spiro atoms. The molecule has 0 amide bonds. The van der Waals surface area contributed by atoms with Gasteiger partial charge in [0.25, 0.3) is 16.6 Å². The minimum absolute atomic E-state index is 0.00885. The van der Waals surface area contributed by atoms with Gasteiger partial charge in [-0.15, -0.1) is 10.2 Å². The summed E-state index contributed by atoms with van der Waals surface area (Å²) in [6.07, 6.45) is 0. The first kappa shape index (κ1) is 32.0. The molecule has 18 nitrogen and oxygen atoms in total. The van der Waals surface area contributed by atoms with Crippen LogP contribution < -0.4 is 20.1 Å². The van der Waals surface area contributed by atoms with Crippen LogP contribution in [-0.2, 0) is 19.7 Å². The van der Waals surface area contributed by atoms with Crippen molar-refractivity contribution in [1.29, 1.82) is 0 Å². The molecule has 234 valence electrons. The average Bonchev–Trinajstić information content (AvgIpc) is 2.96. The largest absolute Gasteiger partial charge is 0.505 e. The maximum atomic E-state index is 12.1. The molecule has 4 aromatic rings. The lowest BCUT2D eigenvalue weighted by Gasteiger charge is -2.15. The molecule has 3 aromatic carbocycles. The molecule has 6 N–H and O–H groups in total. The predicted octanol–water partition coefficient (Wildman–Crippen LogP) is 3.65. The van der Waals surface area contributed by atoms with Gasteiger partial charge in [0, 0.05) is 11.5 Å². The number of nitrogens with zero attached hydrogens (tertiary/aromatic N) is 5. The van der Waals surface area contributed by atoms with Crippen LogP contribution in [0, 0.1) is 0 Å². The summed E-state index contributed by atoms with van der Waals surface area (Å²) in [5, 5.41) is 42.8. The van der Waals surface area contributed by atoms with Gasteiger partial charge in [-0.3, -0.25) is 14.1 Å². The number of phenols is 1. The van der Waals surface area contributed by atoms with Gasteiger partial charge in [0.05, 0.1) is 23.2 Å². The Labute approximate surface area is 253 Å². The van der Waals surface area contributed by atoms with Crippen LogP contribution in [0.4, 0.5) is 29.0 Å². The quantitative estimate of drug-likeness (QED) is 0.0690. The number of hydrogen-bond donors (Lipinski definition) is 6. The van der Waals surface area contributed by atoms with E-state index in [-0.39, 0.29) is 70.1 Å². The van der Waals surface area contributed by atoms with Gasteiger partial charge in [-0.05, 0) is 44.2 Å². The number of aromatic hydroxyl groups is 1. The molecule has 0 radical (unpaired) electrons. The maximum Gasteiger partial charge on any atom is 0.337 e. The van der Waals surface area contributed by atoms with Crippen molar-refractivity contribution >= 4 is 68.3 Å². The highest BCUT2D eigenvalue weighted by Crippen LogP contribution is 2.43. The molecule has 0 fully saturated rings. The van der Waals surface area contributed by atoms with Crippen molar-refractivity contribution in [3.8, 4) is 17.5 Å². The summed E-state index contributed by atoms with van der Waals surface area (Å²) in [6.45, 7) is 3.28. The van der Waals surface area contributed by atoms with Gasteiger partial charge in [0.1, 0.15) is 28.1 Å². The number of azo groups is 1. The number of carboxylic acids is 2. The van der Waals surface area contributed by atoms with Crippen LogP contribution in [0.1, 0.15) is 24.2 Å². The lowest BCUT2D eigenvalue weighted by molar-refractivity contribution is -0.137. The Morgan fingerprint density at radius 2 is 1.73 bits per heavy atom. The summed E-state index contributed by atoms with van der Waals surface area (Å²) in [7, 11) is -4.80. The highest BCUT2D eigenvalue weighted by atomic mass is 32.2. The normalized spacial score (nSPS) is 12.1. The van der Waals surface area contributed by atoms with Crippen LogP contribution in [0.5, 0.6) is 17.5 Å². The number of rotatable bonds is 13. The van der Waals surface area contributed by atoms with Crippen molar-refractivity contribution < 1.29 is 52.1 Å². The monoisotopic (exact) mass is 641 g/mol. The number of aromatic carboxylic acids is 1. The lowest BCUT2D eigenvalue weighted by atomic mass is 10.1. The molecule has 0 aliphatic heterocycles. The molecule has 4 rings (SSSR count). The van der Waals surface area contributed by atoms with E-state index in [1.807, 2.05) is 0 Å². The minimum Gasteiger partial charge on any atom is -0.505 e. The molecule has 19 heteroatoms. The number of anilines is 3. The third-order valence-corrected chi connectivity index (χ3v) is 6.78. The van der Waals surface area contributed by atoms with E-state index in [1.54, 1.807) is 6.92 Å². The second-order valence-electron chi connectivity index (χ2n) is 8.87. The van der Waals surface area contributed by atoms with Crippen LogP contribution in [0.15, 0.2) is 57.6 Å². The molecule has 0 aliphatic rings. The van der Waals surface area contributed by atoms with Gasteiger partial charge in [0.2, 0.25) is 11.9 Å². The number of aromatic nitrogens is 3. The summed E-state index contributed by atoms with van der Waals surface area (Å²) in [5.41, 5.74) is -0.824. The fraction of sp³-hybridized carbons (Fsp3) is 0.154. The standard InChI is InChI=1S/C26H23N7O11S/c1-3-43-26-30-24(27-12(2)22(36)37)29-25(31-26)28-16-8-9-19(45(40,41)42)15-6-7-17(21(35)20(15)16)32-33-18-10-13(44-11-34)4-5-14(18)23(38)39/h4-12,35H,3H2,1-2H3,(H,36,37)(H,38,39)(H,40,41,42)(H2,27,28,29,30,31). The molecule has 0 saturated carbocycles. The lowest BCUT2D eigenvalue weighted by Crippen LogP contribution is -2.26. The van der Waals surface area contributed by atoms with Gasteiger partial charge >= 0.3 is 17.9 Å². The molecule has 1 atom stereocenters. The topological polar surface area (TPSA) is 272 Å². The maximum absolute atomic E-state index is 12.1. The second-order valence-corrected chi connectivity index (χ2v) is 10.3. The number of carboxylic acid groups (broad SMARTS) is 2. The van der Waals surface area contributed by atoms with Crippen molar-refractivity contribution in [2.45, 2.75) is 24.8 Å². The highest BCUT2D eigenvalue weighted by Gasteiger charge is 2.22. The molecule has 0 bridgehead atoms. The van der Waals surface area contributed by atoms with E-state index in [4.69, 9.17) is 9.47 Å². The predicted molar refractivity (Wildman–Crippen MR) is 155 cm³/mol. The second kappa shape index (κ2) is 13.1. The van der Waals surface area contributed by atoms with Crippen molar-refractivity contribution in [3.05, 3.63) is 48.0 Å². The third-order valence-electron chi connectivity index (χ3n) is 5.87. The van der Waals surface area contributed by atoms with E-state index in [1.165, 1.54) is 25.1 Å². The number of aliphatic carboxylic acids is 1. The first-order valence-corrected chi connectivity index (χ1v) is 14.1.